The predicted molar refractivity (Wildman–Crippen MR) is 78.9 cm³/mol. The first-order valence-corrected chi connectivity index (χ1v) is 7.66. The van der Waals surface area contributed by atoms with Crippen molar-refractivity contribution in [3.8, 4) is 0 Å². The van der Waals surface area contributed by atoms with Crippen molar-refractivity contribution in [2.24, 2.45) is 0 Å². The molecule has 1 amide bonds. The molecule has 0 saturated carbocycles. The Morgan fingerprint density at radius 3 is 2.70 bits per heavy atom. The highest BCUT2D eigenvalue weighted by molar-refractivity contribution is 6.29. The van der Waals surface area contributed by atoms with E-state index in [1.165, 1.54) is 19.3 Å². The Balaban J connectivity index is 1.65. The molecule has 2 atom stereocenters. The third-order valence-corrected chi connectivity index (χ3v) is 4.83. The summed E-state index contributed by atoms with van der Waals surface area (Å²) in [5.41, 5.74) is 0.404. The fraction of sp³-hybridized carbons (Fsp3) is 0.600. The van der Waals surface area contributed by atoms with Gasteiger partial charge in [-0.1, -0.05) is 24.1 Å². The molecule has 1 N–H and O–H groups in total. The zero-order valence-electron chi connectivity index (χ0n) is 11.7. The summed E-state index contributed by atoms with van der Waals surface area (Å²) >= 11 is 5.83. The average molecular weight is 294 g/mol. The molecule has 0 spiro atoms. The molecule has 3 rings (SSSR count). The van der Waals surface area contributed by atoms with E-state index in [9.17, 15) is 4.79 Å². The van der Waals surface area contributed by atoms with Crippen LogP contribution in [0.4, 0.5) is 0 Å². The number of carbonyl (C=O) groups excluding carboxylic acids is 1. The lowest BCUT2D eigenvalue weighted by molar-refractivity contribution is 0.0462. The van der Waals surface area contributed by atoms with Gasteiger partial charge in [-0.2, -0.15) is 0 Å². The van der Waals surface area contributed by atoms with Crippen LogP contribution in [0.2, 0.25) is 5.15 Å². The molecule has 108 valence electrons. The molecule has 5 heteroatoms. The molecule has 1 aromatic heterocycles. The highest BCUT2D eigenvalue weighted by Gasteiger charge is 2.36. The lowest BCUT2D eigenvalue weighted by atomic mass is 9.82. The van der Waals surface area contributed by atoms with Crippen molar-refractivity contribution in [1.29, 1.82) is 0 Å². The van der Waals surface area contributed by atoms with E-state index in [1.807, 2.05) is 0 Å². The van der Waals surface area contributed by atoms with Crippen molar-refractivity contribution in [3.05, 3.63) is 29.0 Å². The summed E-state index contributed by atoms with van der Waals surface area (Å²) < 4.78 is 0. The van der Waals surface area contributed by atoms with E-state index in [0.29, 0.717) is 22.9 Å². The second kappa shape index (κ2) is 5.70. The monoisotopic (exact) mass is 293 g/mol. The summed E-state index contributed by atoms with van der Waals surface area (Å²) in [7, 11) is 2.21. The van der Waals surface area contributed by atoms with Crippen molar-refractivity contribution < 1.29 is 4.79 Å². The van der Waals surface area contributed by atoms with Crippen LogP contribution in [0.5, 0.6) is 0 Å². The molecule has 20 heavy (non-hydrogen) atoms. The Morgan fingerprint density at radius 1 is 1.35 bits per heavy atom. The van der Waals surface area contributed by atoms with Crippen LogP contribution >= 0.6 is 11.6 Å². The summed E-state index contributed by atoms with van der Waals surface area (Å²) in [6.45, 7) is 0. The van der Waals surface area contributed by atoms with Crippen molar-refractivity contribution in [3.63, 3.8) is 0 Å². The summed E-state index contributed by atoms with van der Waals surface area (Å²) in [4.78, 5) is 18.8. The highest BCUT2D eigenvalue weighted by atomic mass is 35.5. The van der Waals surface area contributed by atoms with Gasteiger partial charge in [0.2, 0.25) is 0 Å². The number of hydrogen-bond donors (Lipinski definition) is 1. The van der Waals surface area contributed by atoms with E-state index in [0.717, 1.165) is 12.8 Å². The van der Waals surface area contributed by atoms with Gasteiger partial charge in [-0.05, 0) is 44.9 Å². The molecule has 0 radical (unpaired) electrons. The number of fused-ring (bicyclic) bond motifs is 2. The standard InChI is InChI=1S/C15H20ClN3O/c1-19-11-4-2-5-12(19)9-10(8-11)17-15(20)13-6-3-7-14(16)18-13/h3,6-7,10-12H,2,4-5,8-9H2,1H3,(H,17,20). The van der Waals surface area contributed by atoms with Crippen molar-refractivity contribution in [1.82, 2.24) is 15.2 Å². The fourth-order valence-electron chi connectivity index (χ4n) is 3.53. The first-order valence-electron chi connectivity index (χ1n) is 7.29. The molecular formula is C15H20ClN3O. The Morgan fingerprint density at radius 2 is 2.05 bits per heavy atom. The normalized spacial score (nSPS) is 30.0. The number of aromatic nitrogens is 1. The summed E-state index contributed by atoms with van der Waals surface area (Å²) in [5, 5.41) is 3.48. The Hall–Kier alpha value is -1.13. The van der Waals surface area contributed by atoms with Gasteiger partial charge in [0.1, 0.15) is 10.8 Å². The molecule has 3 heterocycles. The van der Waals surface area contributed by atoms with Crippen molar-refractivity contribution in [2.75, 3.05) is 7.05 Å². The van der Waals surface area contributed by atoms with Crippen LogP contribution in [0, 0.1) is 0 Å². The fourth-order valence-corrected chi connectivity index (χ4v) is 3.69. The zero-order valence-corrected chi connectivity index (χ0v) is 12.4. The van der Waals surface area contributed by atoms with E-state index in [4.69, 9.17) is 11.6 Å². The molecule has 2 unspecified atom stereocenters. The third kappa shape index (κ3) is 2.81. The molecule has 2 fully saturated rings. The first kappa shape index (κ1) is 13.8. The molecule has 2 saturated heterocycles. The molecule has 0 aliphatic carbocycles. The lowest BCUT2D eigenvalue weighted by Crippen LogP contribution is -2.55. The van der Waals surface area contributed by atoms with Crippen LogP contribution < -0.4 is 5.32 Å². The van der Waals surface area contributed by atoms with Crippen molar-refractivity contribution >= 4 is 17.5 Å². The van der Waals surface area contributed by atoms with Gasteiger partial charge < -0.3 is 10.2 Å². The molecular weight excluding hydrogens is 274 g/mol. The number of nitrogens with zero attached hydrogens (tertiary/aromatic N) is 2. The number of amides is 1. The largest absolute Gasteiger partial charge is 0.348 e. The predicted octanol–water partition coefficient (Wildman–Crippen LogP) is 2.48. The van der Waals surface area contributed by atoms with Gasteiger partial charge >= 0.3 is 0 Å². The number of pyridine rings is 1. The second-order valence-corrected chi connectivity index (χ2v) is 6.28. The molecule has 2 aliphatic rings. The number of piperidine rings is 2. The average Bonchev–Trinajstić information content (AvgIpc) is 2.40. The maximum atomic E-state index is 12.2. The van der Waals surface area contributed by atoms with Gasteiger partial charge in [0.15, 0.2) is 0 Å². The van der Waals surface area contributed by atoms with E-state index in [1.54, 1.807) is 18.2 Å². The molecule has 4 nitrogen and oxygen atoms in total. The zero-order chi connectivity index (χ0) is 14.1. The van der Waals surface area contributed by atoms with Crippen LogP contribution in [0.15, 0.2) is 18.2 Å². The van der Waals surface area contributed by atoms with E-state index >= 15 is 0 Å². The smallest absolute Gasteiger partial charge is 0.270 e. The van der Waals surface area contributed by atoms with Gasteiger partial charge in [0.25, 0.3) is 5.91 Å². The minimum Gasteiger partial charge on any atom is -0.348 e. The Bertz CT molecular complexity index is 494. The SMILES string of the molecule is CN1C2CCCC1CC(NC(=O)c1cccc(Cl)n1)C2. The highest BCUT2D eigenvalue weighted by Crippen LogP contribution is 2.32. The van der Waals surface area contributed by atoms with Crippen molar-refractivity contribution in [2.45, 2.75) is 50.2 Å². The van der Waals surface area contributed by atoms with Crippen LogP contribution in [-0.4, -0.2) is 41.0 Å². The number of halogens is 1. The van der Waals surface area contributed by atoms with E-state index in [2.05, 4.69) is 22.2 Å². The van der Waals surface area contributed by atoms with Crippen LogP contribution in [0.1, 0.15) is 42.6 Å². The van der Waals surface area contributed by atoms with Gasteiger partial charge in [-0.3, -0.25) is 4.79 Å². The minimum atomic E-state index is -0.111. The minimum absolute atomic E-state index is 0.111. The summed E-state index contributed by atoms with van der Waals surface area (Å²) in [5.74, 6) is -0.111. The topological polar surface area (TPSA) is 45.2 Å². The Kier molecular flexibility index (Phi) is 3.94. The van der Waals surface area contributed by atoms with Crippen LogP contribution in [0.3, 0.4) is 0 Å². The molecule has 2 bridgehead atoms. The van der Waals surface area contributed by atoms with Crippen LogP contribution in [0.25, 0.3) is 0 Å². The number of hydrogen-bond acceptors (Lipinski definition) is 3. The van der Waals surface area contributed by atoms with Gasteiger partial charge in [0.05, 0.1) is 0 Å². The second-order valence-electron chi connectivity index (χ2n) is 5.89. The lowest BCUT2D eigenvalue weighted by Gasteiger charge is -2.47. The maximum Gasteiger partial charge on any atom is 0.270 e. The summed E-state index contributed by atoms with van der Waals surface area (Å²) in [6, 6.07) is 6.62. The van der Waals surface area contributed by atoms with E-state index < -0.39 is 0 Å². The van der Waals surface area contributed by atoms with Gasteiger partial charge in [0, 0.05) is 18.1 Å². The number of carbonyl (C=O) groups is 1. The quantitative estimate of drug-likeness (QED) is 0.852. The molecule has 2 aliphatic heterocycles. The van der Waals surface area contributed by atoms with E-state index in [-0.39, 0.29) is 11.9 Å². The Labute approximate surface area is 124 Å². The number of nitrogens with one attached hydrogen (secondary N) is 1. The summed E-state index contributed by atoms with van der Waals surface area (Å²) in [6.07, 6.45) is 5.89. The van der Waals surface area contributed by atoms with Crippen LogP contribution in [-0.2, 0) is 0 Å². The first-order chi connectivity index (χ1) is 9.63. The number of rotatable bonds is 2. The third-order valence-electron chi connectivity index (χ3n) is 4.62. The maximum absolute atomic E-state index is 12.2. The van der Waals surface area contributed by atoms with Gasteiger partial charge in [-0.15, -0.1) is 0 Å². The molecule has 1 aromatic rings. The molecule has 0 aromatic carbocycles. The van der Waals surface area contributed by atoms with Gasteiger partial charge in [-0.25, -0.2) is 4.98 Å².